The molecule has 7 rings (SSSR count). The van der Waals surface area contributed by atoms with E-state index < -0.39 is 37.0 Å². The molecular weight excluding hydrogens is 482 g/mol. The van der Waals surface area contributed by atoms with Gasteiger partial charge in [0.15, 0.2) is 5.65 Å². The fourth-order valence-electron chi connectivity index (χ4n) is 5.63. The standard InChI is InChI=1S/C26H22F2N6O3/c1-26(29)11-36-18-8-12(10-30-22(18)26)15-6-7-34-23(31-15)20-14-9-16(21(20)32-34)33(2)24(35)13-4-3-5-17(19(13)14)37-25(27)28/h3-8,10,14,16,25H,9,11,29H2,1-2H3/t14-,16-,26+/m1/s1/i2D3. The van der Waals surface area contributed by atoms with E-state index in [2.05, 4.69) is 10.1 Å². The maximum absolute atomic E-state index is 13.6. The van der Waals surface area contributed by atoms with E-state index >= 15 is 0 Å². The molecule has 2 bridgehead atoms. The highest BCUT2D eigenvalue weighted by Crippen LogP contribution is 2.53. The molecule has 4 aromatic rings. The summed E-state index contributed by atoms with van der Waals surface area (Å²) in [6.45, 7) is -3.81. The van der Waals surface area contributed by atoms with Crippen molar-refractivity contribution in [2.45, 2.75) is 37.5 Å². The summed E-state index contributed by atoms with van der Waals surface area (Å²) in [7, 11) is 0. The minimum absolute atomic E-state index is 0.00673. The Bertz CT molecular complexity index is 1720. The predicted octanol–water partition coefficient (Wildman–Crippen LogP) is 3.62. The topological polar surface area (TPSA) is 108 Å². The van der Waals surface area contributed by atoms with E-state index in [4.69, 9.17) is 24.3 Å². The van der Waals surface area contributed by atoms with E-state index in [9.17, 15) is 13.6 Å². The average molecular weight is 508 g/mol. The summed E-state index contributed by atoms with van der Waals surface area (Å²) in [5.41, 5.74) is 8.90. The normalized spacial score (nSPS) is 25.2. The second kappa shape index (κ2) is 7.45. The molecule has 1 amide bonds. The molecule has 0 unspecified atom stereocenters. The van der Waals surface area contributed by atoms with E-state index in [1.54, 1.807) is 24.5 Å². The van der Waals surface area contributed by atoms with Gasteiger partial charge in [-0.15, -0.1) is 0 Å². The van der Waals surface area contributed by atoms with E-state index in [0.717, 1.165) is 4.90 Å². The van der Waals surface area contributed by atoms with Crippen LogP contribution in [-0.2, 0) is 5.54 Å². The molecule has 2 N–H and O–H groups in total. The van der Waals surface area contributed by atoms with Crippen molar-refractivity contribution in [1.29, 1.82) is 0 Å². The third kappa shape index (κ3) is 3.10. The minimum Gasteiger partial charge on any atom is -0.489 e. The molecule has 0 saturated carbocycles. The van der Waals surface area contributed by atoms with Gasteiger partial charge in [-0.25, -0.2) is 9.50 Å². The molecule has 0 spiro atoms. The Kier molecular flexibility index (Phi) is 3.84. The lowest BCUT2D eigenvalue weighted by Crippen LogP contribution is -2.35. The fraction of sp³-hybridized carbons (Fsp3) is 0.308. The highest BCUT2D eigenvalue weighted by atomic mass is 19.3. The summed E-state index contributed by atoms with van der Waals surface area (Å²) < 4.78 is 63.3. The van der Waals surface area contributed by atoms with Crippen LogP contribution in [0.15, 0.2) is 42.7 Å². The number of nitrogens with two attached hydrogens (primary N) is 1. The van der Waals surface area contributed by atoms with Crippen LogP contribution in [0.1, 0.15) is 62.3 Å². The summed E-state index contributed by atoms with van der Waals surface area (Å²) in [5.74, 6) is -1.09. The first-order valence-electron chi connectivity index (χ1n) is 13.2. The summed E-state index contributed by atoms with van der Waals surface area (Å²) >= 11 is 0. The van der Waals surface area contributed by atoms with Gasteiger partial charge in [-0.2, -0.15) is 13.9 Å². The number of ether oxygens (including phenoxy) is 2. The van der Waals surface area contributed by atoms with Crippen molar-refractivity contribution in [3.63, 3.8) is 0 Å². The first-order chi connectivity index (χ1) is 18.9. The molecule has 0 fully saturated rings. The maximum Gasteiger partial charge on any atom is 0.387 e. The van der Waals surface area contributed by atoms with Crippen molar-refractivity contribution < 1.29 is 27.2 Å². The van der Waals surface area contributed by atoms with E-state index in [0.29, 0.717) is 46.2 Å². The molecule has 3 aromatic heterocycles. The second-order valence-corrected chi connectivity index (χ2v) is 9.73. The van der Waals surface area contributed by atoms with Crippen LogP contribution in [0, 0.1) is 0 Å². The summed E-state index contributed by atoms with van der Waals surface area (Å²) in [6.07, 6.45) is 3.45. The lowest BCUT2D eigenvalue weighted by molar-refractivity contribution is -0.0505. The lowest BCUT2D eigenvalue weighted by atomic mass is 9.89. The molecule has 188 valence electrons. The third-order valence-electron chi connectivity index (χ3n) is 7.28. The molecule has 0 saturated heterocycles. The summed E-state index contributed by atoms with van der Waals surface area (Å²) in [4.78, 5) is 23.7. The molecule has 3 atom stereocenters. The van der Waals surface area contributed by atoms with Gasteiger partial charge in [-0.05, 0) is 37.6 Å². The van der Waals surface area contributed by atoms with Gasteiger partial charge >= 0.3 is 6.61 Å². The van der Waals surface area contributed by atoms with Crippen LogP contribution in [0.5, 0.6) is 11.5 Å². The van der Waals surface area contributed by atoms with Gasteiger partial charge in [0.1, 0.15) is 23.8 Å². The Labute approximate surface area is 214 Å². The largest absolute Gasteiger partial charge is 0.489 e. The number of rotatable bonds is 3. The van der Waals surface area contributed by atoms with Crippen LogP contribution in [0.4, 0.5) is 8.78 Å². The maximum atomic E-state index is 13.6. The predicted molar refractivity (Wildman–Crippen MR) is 128 cm³/mol. The van der Waals surface area contributed by atoms with Crippen molar-refractivity contribution in [3.8, 4) is 22.8 Å². The van der Waals surface area contributed by atoms with Gasteiger partial charge in [0, 0.05) is 51.7 Å². The van der Waals surface area contributed by atoms with Gasteiger partial charge in [0.25, 0.3) is 5.91 Å². The number of benzene rings is 1. The number of pyridine rings is 1. The number of fused-ring (bicyclic) bond motifs is 10. The smallest absolute Gasteiger partial charge is 0.387 e. The van der Waals surface area contributed by atoms with Crippen molar-refractivity contribution in [2.75, 3.05) is 13.6 Å². The van der Waals surface area contributed by atoms with E-state index in [1.165, 1.54) is 22.7 Å². The molecular formula is C26H22F2N6O3. The number of halogens is 2. The van der Waals surface area contributed by atoms with E-state index in [-0.39, 0.29) is 23.3 Å². The van der Waals surface area contributed by atoms with Crippen LogP contribution in [0.25, 0.3) is 16.9 Å². The molecule has 0 radical (unpaired) electrons. The first kappa shape index (κ1) is 19.1. The van der Waals surface area contributed by atoms with Crippen molar-refractivity contribution >= 4 is 11.6 Å². The number of nitrogens with zero attached hydrogens (tertiary/aromatic N) is 5. The van der Waals surface area contributed by atoms with Crippen molar-refractivity contribution in [3.05, 3.63) is 70.8 Å². The van der Waals surface area contributed by atoms with Crippen LogP contribution >= 0.6 is 0 Å². The quantitative estimate of drug-likeness (QED) is 0.451. The first-order valence-corrected chi connectivity index (χ1v) is 11.7. The van der Waals surface area contributed by atoms with Crippen LogP contribution in [0.2, 0.25) is 0 Å². The van der Waals surface area contributed by atoms with Crippen LogP contribution in [-0.4, -0.2) is 50.6 Å². The molecule has 1 aromatic carbocycles. The number of amides is 1. The fourth-order valence-corrected chi connectivity index (χ4v) is 5.63. The van der Waals surface area contributed by atoms with Gasteiger partial charge in [0.05, 0.1) is 23.0 Å². The molecule has 9 nitrogen and oxygen atoms in total. The Morgan fingerprint density at radius 2 is 2.19 bits per heavy atom. The molecule has 2 aliphatic heterocycles. The second-order valence-electron chi connectivity index (χ2n) is 9.73. The number of aromatic nitrogens is 4. The number of carbonyl (C=O) groups excluding carboxylic acids is 1. The molecule has 11 heteroatoms. The third-order valence-corrected chi connectivity index (χ3v) is 7.28. The zero-order valence-electron chi connectivity index (χ0n) is 22.5. The minimum atomic E-state index is -3.14. The summed E-state index contributed by atoms with van der Waals surface area (Å²) in [5, 5.41) is 4.62. The SMILES string of the molecule is [2H]C([2H])([2H])N1C(=O)c2cccc(OC(F)F)c2[C@H]2C[C@@H]1c1nn3ccc(-c4cnc5c(c4)OC[C@]5(C)N)nc3c12. The Morgan fingerprint density at radius 1 is 1.32 bits per heavy atom. The highest BCUT2D eigenvalue weighted by Gasteiger charge is 2.46. The Hall–Kier alpha value is -4.12. The average Bonchev–Trinajstić information content (AvgIpc) is 3.49. The monoisotopic (exact) mass is 507 g/mol. The van der Waals surface area contributed by atoms with Gasteiger partial charge in [0.2, 0.25) is 0 Å². The number of hydrogen-bond donors (Lipinski definition) is 1. The zero-order valence-corrected chi connectivity index (χ0v) is 19.5. The van der Waals surface area contributed by atoms with Gasteiger partial charge < -0.3 is 20.1 Å². The van der Waals surface area contributed by atoms with E-state index in [1.807, 2.05) is 6.92 Å². The molecule has 5 heterocycles. The van der Waals surface area contributed by atoms with Gasteiger partial charge in [-0.3, -0.25) is 9.78 Å². The number of alkyl halides is 2. The molecule has 1 aliphatic carbocycles. The zero-order chi connectivity index (χ0) is 28.1. The Morgan fingerprint density at radius 3 is 3.00 bits per heavy atom. The summed E-state index contributed by atoms with van der Waals surface area (Å²) in [6, 6.07) is 6.79. The van der Waals surface area contributed by atoms with Gasteiger partial charge in [-0.1, -0.05) is 6.07 Å². The molecule has 37 heavy (non-hydrogen) atoms. The van der Waals surface area contributed by atoms with Crippen molar-refractivity contribution in [1.82, 2.24) is 24.5 Å². The van der Waals surface area contributed by atoms with Crippen molar-refractivity contribution in [2.24, 2.45) is 5.73 Å². The molecule has 3 aliphatic rings. The number of carbonyl (C=O) groups is 1. The lowest BCUT2D eigenvalue weighted by Gasteiger charge is -2.23. The Balaban J connectivity index is 1.43. The number of hydrogen-bond acceptors (Lipinski definition) is 7. The van der Waals surface area contributed by atoms with Crippen LogP contribution in [0.3, 0.4) is 0 Å². The van der Waals surface area contributed by atoms with Crippen LogP contribution < -0.4 is 15.2 Å². The highest BCUT2D eigenvalue weighted by molar-refractivity contribution is 5.98.